The Labute approximate surface area is 187 Å². The lowest BCUT2D eigenvalue weighted by Gasteiger charge is -2.24. The summed E-state index contributed by atoms with van der Waals surface area (Å²) in [6.07, 6.45) is 3.81. The minimum Gasteiger partial charge on any atom is -0.423 e. The molecular formula is C25H21F2N3O3. The Bertz CT molecular complexity index is 1440. The molecule has 0 spiro atoms. The van der Waals surface area contributed by atoms with E-state index < -0.39 is 17.3 Å². The molecule has 2 aromatic carbocycles. The van der Waals surface area contributed by atoms with Gasteiger partial charge in [0.15, 0.2) is 5.82 Å². The molecule has 1 amide bonds. The molecule has 0 saturated heterocycles. The average molecular weight is 449 g/mol. The van der Waals surface area contributed by atoms with Crippen LogP contribution in [0.15, 0.2) is 57.9 Å². The zero-order chi connectivity index (χ0) is 23.1. The maximum Gasteiger partial charge on any atom is 0.336 e. The number of aromatic nitrogens is 2. The van der Waals surface area contributed by atoms with Gasteiger partial charge in [-0.15, -0.1) is 0 Å². The van der Waals surface area contributed by atoms with Gasteiger partial charge in [0.2, 0.25) is 5.91 Å². The minimum absolute atomic E-state index is 0.0255. The highest BCUT2D eigenvalue weighted by molar-refractivity contribution is 5.87. The van der Waals surface area contributed by atoms with Gasteiger partial charge in [0.1, 0.15) is 17.1 Å². The Morgan fingerprint density at radius 1 is 1.21 bits per heavy atom. The van der Waals surface area contributed by atoms with E-state index in [1.807, 2.05) is 19.1 Å². The largest absolute Gasteiger partial charge is 0.423 e. The van der Waals surface area contributed by atoms with Crippen molar-refractivity contribution in [3.63, 3.8) is 0 Å². The predicted octanol–water partition coefficient (Wildman–Crippen LogP) is 4.30. The average Bonchev–Trinajstić information content (AvgIpc) is 3.18. The van der Waals surface area contributed by atoms with Gasteiger partial charge in [-0.2, -0.15) is 5.10 Å². The zero-order valence-electron chi connectivity index (χ0n) is 17.9. The van der Waals surface area contributed by atoms with E-state index >= 15 is 0 Å². The van der Waals surface area contributed by atoms with Crippen molar-refractivity contribution in [1.82, 2.24) is 15.1 Å². The van der Waals surface area contributed by atoms with Crippen LogP contribution in [0.3, 0.4) is 0 Å². The molecule has 0 fully saturated rings. The van der Waals surface area contributed by atoms with E-state index in [4.69, 9.17) is 4.42 Å². The lowest BCUT2D eigenvalue weighted by Crippen LogP contribution is -2.32. The van der Waals surface area contributed by atoms with Crippen LogP contribution in [0.1, 0.15) is 41.3 Å². The van der Waals surface area contributed by atoms with Crippen LogP contribution < -0.4 is 10.9 Å². The summed E-state index contributed by atoms with van der Waals surface area (Å²) >= 11 is 0. The molecule has 0 saturated carbocycles. The summed E-state index contributed by atoms with van der Waals surface area (Å²) in [7, 11) is 0. The maximum atomic E-state index is 14.3. The fourth-order valence-electron chi connectivity index (χ4n) is 4.47. The Hall–Kier alpha value is -3.81. The van der Waals surface area contributed by atoms with Crippen LogP contribution in [-0.2, 0) is 17.6 Å². The van der Waals surface area contributed by atoms with E-state index in [-0.39, 0.29) is 24.1 Å². The number of rotatable bonds is 4. The lowest BCUT2D eigenvalue weighted by atomic mass is 9.92. The molecule has 0 aliphatic heterocycles. The van der Waals surface area contributed by atoms with E-state index in [1.165, 1.54) is 22.9 Å². The van der Waals surface area contributed by atoms with Crippen molar-refractivity contribution >= 4 is 16.9 Å². The molecule has 8 heteroatoms. The van der Waals surface area contributed by atoms with Gasteiger partial charge in [0.25, 0.3) is 0 Å². The quantitative estimate of drug-likeness (QED) is 0.471. The second-order valence-electron chi connectivity index (χ2n) is 8.33. The molecule has 2 aromatic heterocycles. The number of halogens is 2. The Kier molecular flexibility index (Phi) is 5.28. The number of carbonyl (C=O) groups excluding carboxylic acids is 1. The van der Waals surface area contributed by atoms with Crippen molar-refractivity contribution in [3.05, 3.63) is 93.1 Å². The number of benzene rings is 2. The minimum atomic E-state index is -0.697. The number of amides is 1. The molecule has 1 atom stereocenters. The monoisotopic (exact) mass is 449 g/mol. The van der Waals surface area contributed by atoms with Crippen molar-refractivity contribution in [2.24, 2.45) is 0 Å². The summed E-state index contributed by atoms with van der Waals surface area (Å²) in [5.74, 6) is -1.59. The number of fused-ring (bicyclic) bond motifs is 2. The number of carbonyl (C=O) groups is 1. The molecule has 1 aliphatic rings. The zero-order valence-corrected chi connectivity index (χ0v) is 17.9. The smallest absolute Gasteiger partial charge is 0.336 e. The van der Waals surface area contributed by atoms with Crippen LogP contribution >= 0.6 is 0 Å². The number of aryl methyl sites for hydroxylation is 1. The Morgan fingerprint density at radius 3 is 2.88 bits per heavy atom. The van der Waals surface area contributed by atoms with E-state index in [0.29, 0.717) is 24.0 Å². The van der Waals surface area contributed by atoms with Crippen molar-refractivity contribution in [2.75, 3.05) is 0 Å². The summed E-state index contributed by atoms with van der Waals surface area (Å²) in [4.78, 5) is 24.9. The van der Waals surface area contributed by atoms with E-state index in [1.54, 1.807) is 12.3 Å². The molecule has 168 valence electrons. The van der Waals surface area contributed by atoms with Gasteiger partial charge in [0, 0.05) is 28.8 Å². The summed E-state index contributed by atoms with van der Waals surface area (Å²) < 4.78 is 34.4. The van der Waals surface area contributed by atoms with Crippen LogP contribution in [0.25, 0.3) is 16.7 Å². The SMILES string of the molecule is Cc1ccc2c(CC(=O)NC3CCCc4c3cnn4-c3ccc(F)cc3F)cc(=O)oc2c1. The Balaban J connectivity index is 1.40. The second-order valence-corrected chi connectivity index (χ2v) is 8.33. The van der Waals surface area contributed by atoms with Gasteiger partial charge < -0.3 is 9.73 Å². The van der Waals surface area contributed by atoms with Crippen LogP contribution in [0, 0.1) is 18.6 Å². The molecule has 1 aliphatic carbocycles. The first-order valence-electron chi connectivity index (χ1n) is 10.7. The first-order chi connectivity index (χ1) is 15.9. The van der Waals surface area contributed by atoms with Gasteiger partial charge >= 0.3 is 5.63 Å². The number of nitrogens with one attached hydrogen (secondary N) is 1. The molecule has 0 radical (unpaired) electrons. The van der Waals surface area contributed by atoms with E-state index in [9.17, 15) is 18.4 Å². The van der Waals surface area contributed by atoms with Gasteiger partial charge in [-0.1, -0.05) is 12.1 Å². The molecule has 1 unspecified atom stereocenters. The topological polar surface area (TPSA) is 77.1 Å². The first-order valence-corrected chi connectivity index (χ1v) is 10.7. The third-order valence-electron chi connectivity index (χ3n) is 5.99. The molecule has 0 bridgehead atoms. The molecule has 2 heterocycles. The normalized spacial score (nSPS) is 15.4. The molecule has 33 heavy (non-hydrogen) atoms. The van der Waals surface area contributed by atoms with Crippen molar-refractivity contribution in [1.29, 1.82) is 0 Å². The second kappa shape index (κ2) is 8.27. The van der Waals surface area contributed by atoms with Gasteiger partial charge in [-0.3, -0.25) is 4.79 Å². The van der Waals surface area contributed by atoms with Gasteiger partial charge in [-0.25, -0.2) is 18.3 Å². The van der Waals surface area contributed by atoms with Crippen molar-refractivity contribution < 1.29 is 18.0 Å². The molecule has 1 N–H and O–H groups in total. The fourth-order valence-corrected chi connectivity index (χ4v) is 4.47. The Morgan fingerprint density at radius 2 is 2.06 bits per heavy atom. The summed E-state index contributed by atoms with van der Waals surface area (Å²) in [5.41, 5.74) is 3.27. The molecular weight excluding hydrogens is 428 g/mol. The van der Waals surface area contributed by atoms with Crippen LogP contribution in [-0.4, -0.2) is 15.7 Å². The highest BCUT2D eigenvalue weighted by atomic mass is 19.1. The third kappa shape index (κ3) is 4.04. The number of hydrogen-bond donors (Lipinski definition) is 1. The maximum absolute atomic E-state index is 14.3. The van der Waals surface area contributed by atoms with Crippen LogP contribution in [0.4, 0.5) is 8.78 Å². The van der Waals surface area contributed by atoms with E-state index in [0.717, 1.165) is 34.7 Å². The summed E-state index contributed by atoms with van der Waals surface area (Å²) in [5, 5.41) is 8.06. The standard InChI is InChI=1S/C25H21F2N3O3/c1-14-5-7-17-15(11-25(32)33-23(17)9-14)10-24(31)29-20-3-2-4-21-18(20)13-28-30(21)22-8-6-16(26)12-19(22)27/h5-9,11-13,20H,2-4,10H2,1H3,(H,29,31). The van der Waals surface area contributed by atoms with Gasteiger partial charge in [0.05, 0.1) is 18.7 Å². The summed E-state index contributed by atoms with van der Waals surface area (Å²) in [6.45, 7) is 1.90. The van der Waals surface area contributed by atoms with Crippen LogP contribution in [0.5, 0.6) is 0 Å². The highest BCUT2D eigenvalue weighted by Crippen LogP contribution is 2.32. The third-order valence-corrected chi connectivity index (χ3v) is 5.99. The predicted molar refractivity (Wildman–Crippen MR) is 118 cm³/mol. The van der Waals surface area contributed by atoms with Crippen molar-refractivity contribution in [3.8, 4) is 5.69 Å². The number of hydrogen-bond acceptors (Lipinski definition) is 4. The molecule has 6 nitrogen and oxygen atoms in total. The first kappa shape index (κ1) is 21.1. The fraction of sp³-hybridized carbons (Fsp3) is 0.240. The number of nitrogens with zero attached hydrogens (tertiary/aromatic N) is 2. The molecule has 5 rings (SSSR count). The van der Waals surface area contributed by atoms with Gasteiger partial charge in [-0.05, 0) is 55.5 Å². The summed E-state index contributed by atoms with van der Waals surface area (Å²) in [6, 6.07) is 9.95. The lowest BCUT2D eigenvalue weighted by molar-refractivity contribution is -0.121. The molecule has 4 aromatic rings. The highest BCUT2D eigenvalue weighted by Gasteiger charge is 2.27. The van der Waals surface area contributed by atoms with E-state index in [2.05, 4.69) is 10.4 Å². The van der Waals surface area contributed by atoms with Crippen molar-refractivity contribution in [2.45, 2.75) is 38.6 Å². The van der Waals surface area contributed by atoms with Crippen LogP contribution in [0.2, 0.25) is 0 Å².